The van der Waals surface area contributed by atoms with Crippen LogP contribution in [-0.2, 0) is 6.54 Å². The molecule has 0 radical (unpaired) electrons. The Labute approximate surface area is 216 Å². The van der Waals surface area contributed by atoms with E-state index < -0.39 is 5.82 Å². The van der Waals surface area contributed by atoms with Crippen molar-refractivity contribution in [2.75, 3.05) is 25.0 Å². The normalized spacial score (nSPS) is 11.3. The van der Waals surface area contributed by atoms with Crippen molar-refractivity contribution in [2.45, 2.75) is 19.9 Å². The number of anilines is 1. The molecule has 4 rings (SSSR count). The highest BCUT2D eigenvalue weighted by molar-refractivity contribution is 5.68. The van der Waals surface area contributed by atoms with Crippen molar-refractivity contribution in [1.29, 1.82) is 5.26 Å². The first kappa shape index (κ1) is 27.3. The van der Waals surface area contributed by atoms with Crippen LogP contribution < -0.4 is 11.1 Å². The fraction of sp³-hybridized carbons (Fsp3) is 0.250. The number of aromatic nitrogens is 4. The highest BCUT2D eigenvalue weighted by Gasteiger charge is 2.15. The van der Waals surface area contributed by atoms with Crippen LogP contribution in [0.4, 0.5) is 10.2 Å². The summed E-state index contributed by atoms with van der Waals surface area (Å²) in [6.07, 6.45) is 4.54. The first-order valence-electron chi connectivity index (χ1n) is 12.0. The van der Waals surface area contributed by atoms with Gasteiger partial charge in [-0.3, -0.25) is 4.68 Å². The minimum absolute atomic E-state index is 0.000120. The number of aliphatic hydroxyl groups excluding tert-OH is 1. The molecule has 9 heteroatoms. The summed E-state index contributed by atoms with van der Waals surface area (Å²) in [5.74, 6) is 0.481. The highest BCUT2D eigenvalue weighted by Crippen LogP contribution is 2.29. The molecule has 0 saturated carbocycles. The number of nitrogens with two attached hydrogens (primary N) is 1. The van der Waals surface area contributed by atoms with E-state index in [0.29, 0.717) is 42.6 Å². The molecule has 4 N–H and O–H groups in total. The third-order valence-corrected chi connectivity index (χ3v) is 5.79. The van der Waals surface area contributed by atoms with Crippen molar-refractivity contribution < 1.29 is 9.50 Å². The quantitative estimate of drug-likeness (QED) is 0.273. The van der Waals surface area contributed by atoms with Crippen LogP contribution in [0.5, 0.6) is 0 Å². The number of nitrogens with zero attached hydrogens (tertiary/aromatic N) is 5. The molecular formula is C28H32FN7O. The van der Waals surface area contributed by atoms with Crippen LogP contribution in [-0.4, -0.2) is 44.4 Å². The van der Waals surface area contributed by atoms with Gasteiger partial charge in [0, 0.05) is 29.9 Å². The van der Waals surface area contributed by atoms with Crippen LogP contribution in [0, 0.1) is 23.1 Å². The zero-order chi connectivity index (χ0) is 26.8. The standard InChI is InChI=1S/C26H28FN7O.C2H4/c1-18(8-9-28)15-30-26-13-25(20-2-3-21(14-29)24(27)12-20)34(32-26)23-6-4-19(5-7-23)22-16-31-33(17-22)10-11-35;1-2/h2-7,12-13,16-18,35H,8-11,15,28H2,1H3,(H,30,32);1-2H2. The number of aliphatic hydroxyl groups is 1. The second kappa shape index (κ2) is 13.2. The van der Waals surface area contributed by atoms with Crippen molar-refractivity contribution in [3.63, 3.8) is 0 Å². The molecule has 0 aliphatic heterocycles. The number of benzene rings is 2. The highest BCUT2D eigenvalue weighted by atomic mass is 19.1. The van der Waals surface area contributed by atoms with Gasteiger partial charge in [0.05, 0.1) is 36.3 Å². The Hall–Kier alpha value is -4.26. The molecule has 2 aromatic heterocycles. The third kappa shape index (κ3) is 6.70. The Kier molecular flexibility index (Phi) is 9.72. The molecule has 8 nitrogen and oxygen atoms in total. The molecule has 0 fully saturated rings. The van der Waals surface area contributed by atoms with Crippen LogP contribution in [0.2, 0.25) is 0 Å². The van der Waals surface area contributed by atoms with E-state index in [2.05, 4.69) is 30.5 Å². The zero-order valence-electron chi connectivity index (χ0n) is 20.9. The van der Waals surface area contributed by atoms with Crippen molar-refractivity contribution in [1.82, 2.24) is 19.6 Å². The Morgan fingerprint density at radius 1 is 1.14 bits per heavy atom. The topological polar surface area (TPSA) is 118 Å². The lowest BCUT2D eigenvalue weighted by Gasteiger charge is -2.10. The second-order valence-corrected chi connectivity index (χ2v) is 8.46. The number of nitrogens with one attached hydrogen (secondary N) is 1. The van der Waals surface area contributed by atoms with Gasteiger partial charge in [-0.1, -0.05) is 25.1 Å². The van der Waals surface area contributed by atoms with Crippen LogP contribution >= 0.6 is 0 Å². The summed E-state index contributed by atoms with van der Waals surface area (Å²) in [6, 6.07) is 16.1. The van der Waals surface area contributed by atoms with Gasteiger partial charge in [0.1, 0.15) is 17.7 Å². The fourth-order valence-electron chi connectivity index (χ4n) is 3.83. The summed E-state index contributed by atoms with van der Waals surface area (Å²) in [7, 11) is 0. The predicted octanol–water partition coefficient (Wildman–Crippen LogP) is 4.60. The number of hydrogen-bond acceptors (Lipinski definition) is 6. The Morgan fingerprint density at radius 2 is 1.86 bits per heavy atom. The number of nitriles is 1. The van der Waals surface area contributed by atoms with Crippen LogP contribution in [0.15, 0.2) is 74.1 Å². The SMILES string of the molecule is C=C.CC(CCN)CNc1cc(-c2ccc(C#N)c(F)c2)n(-c2ccc(-c3cnn(CCO)c3)cc2)n1. The maximum atomic E-state index is 14.4. The lowest BCUT2D eigenvalue weighted by Crippen LogP contribution is -2.15. The largest absolute Gasteiger partial charge is 0.394 e. The smallest absolute Gasteiger partial charge is 0.149 e. The van der Waals surface area contributed by atoms with Crippen molar-refractivity contribution in [3.8, 4) is 34.1 Å². The van der Waals surface area contributed by atoms with Gasteiger partial charge in [-0.15, -0.1) is 18.3 Å². The van der Waals surface area contributed by atoms with Crippen molar-refractivity contribution >= 4 is 5.82 Å². The van der Waals surface area contributed by atoms with Gasteiger partial charge >= 0.3 is 0 Å². The van der Waals surface area contributed by atoms with Crippen LogP contribution in [0.25, 0.3) is 28.1 Å². The van der Waals surface area contributed by atoms with E-state index in [0.717, 1.165) is 23.2 Å². The van der Waals surface area contributed by atoms with E-state index in [1.807, 2.05) is 42.6 Å². The van der Waals surface area contributed by atoms with E-state index in [1.165, 1.54) is 12.1 Å². The van der Waals surface area contributed by atoms with E-state index in [4.69, 9.17) is 21.2 Å². The van der Waals surface area contributed by atoms with Gasteiger partial charge in [0.15, 0.2) is 0 Å². The van der Waals surface area contributed by atoms with Crippen LogP contribution in [0.3, 0.4) is 0 Å². The lowest BCUT2D eigenvalue weighted by atomic mass is 10.1. The zero-order valence-corrected chi connectivity index (χ0v) is 20.9. The van der Waals surface area contributed by atoms with E-state index in [1.54, 1.807) is 21.6 Å². The summed E-state index contributed by atoms with van der Waals surface area (Å²) in [5.41, 5.74) is 9.70. The van der Waals surface area contributed by atoms with Gasteiger partial charge in [-0.2, -0.15) is 10.4 Å². The summed E-state index contributed by atoms with van der Waals surface area (Å²) in [6.45, 7) is 9.93. The third-order valence-electron chi connectivity index (χ3n) is 5.79. The summed E-state index contributed by atoms with van der Waals surface area (Å²) >= 11 is 0. The second-order valence-electron chi connectivity index (χ2n) is 8.46. The Bertz CT molecular complexity index is 1340. The lowest BCUT2D eigenvalue weighted by molar-refractivity contribution is 0.269. The van der Waals surface area contributed by atoms with Crippen LogP contribution in [0.1, 0.15) is 18.9 Å². The first-order valence-corrected chi connectivity index (χ1v) is 12.0. The monoisotopic (exact) mass is 501 g/mol. The molecule has 0 saturated heterocycles. The Morgan fingerprint density at radius 3 is 2.51 bits per heavy atom. The molecule has 0 bridgehead atoms. The summed E-state index contributed by atoms with van der Waals surface area (Å²) in [5, 5.41) is 30.5. The van der Waals surface area contributed by atoms with Gasteiger partial charge in [0.25, 0.3) is 0 Å². The molecule has 192 valence electrons. The van der Waals surface area contributed by atoms with E-state index >= 15 is 0 Å². The molecular weight excluding hydrogens is 469 g/mol. The first-order chi connectivity index (χ1) is 18.0. The average molecular weight is 502 g/mol. The predicted molar refractivity (Wildman–Crippen MR) is 145 cm³/mol. The van der Waals surface area contributed by atoms with Gasteiger partial charge < -0.3 is 16.2 Å². The molecule has 0 aliphatic carbocycles. The molecule has 0 aliphatic rings. The molecule has 1 atom stereocenters. The van der Waals surface area contributed by atoms with E-state index in [-0.39, 0.29) is 12.2 Å². The van der Waals surface area contributed by atoms with Crippen molar-refractivity contribution in [2.24, 2.45) is 11.7 Å². The summed E-state index contributed by atoms with van der Waals surface area (Å²) < 4.78 is 17.9. The summed E-state index contributed by atoms with van der Waals surface area (Å²) in [4.78, 5) is 0. The van der Waals surface area contributed by atoms with Crippen molar-refractivity contribution in [3.05, 3.63) is 85.5 Å². The fourth-order valence-corrected chi connectivity index (χ4v) is 3.83. The molecule has 0 amide bonds. The molecule has 37 heavy (non-hydrogen) atoms. The number of rotatable bonds is 10. The molecule has 1 unspecified atom stereocenters. The van der Waals surface area contributed by atoms with Gasteiger partial charge in [-0.05, 0) is 48.7 Å². The Balaban J connectivity index is 0.00000186. The maximum absolute atomic E-state index is 14.4. The van der Waals surface area contributed by atoms with Gasteiger partial charge in [-0.25, -0.2) is 9.07 Å². The maximum Gasteiger partial charge on any atom is 0.149 e. The molecule has 2 heterocycles. The number of halogens is 1. The number of hydrogen-bond donors (Lipinski definition) is 3. The average Bonchev–Trinajstić information content (AvgIpc) is 3.57. The molecule has 4 aromatic rings. The van der Waals surface area contributed by atoms with E-state index in [9.17, 15) is 4.39 Å². The molecule has 2 aromatic carbocycles. The van der Waals surface area contributed by atoms with Gasteiger partial charge in [0.2, 0.25) is 0 Å². The molecule has 0 spiro atoms. The minimum Gasteiger partial charge on any atom is -0.394 e. The minimum atomic E-state index is -0.570.